The van der Waals surface area contributed by atoms with E-state index in [2.05, 4.69) is 231 Å². The Morgan fingerprint density at radius 3 is 0.949 bits per heavy atom. The molecule has 0 aliphatic carbocycles. The van der Waals surface area contributed by atoms with Gasteiger partial charge in [0.2, 0.25) is 0 Å². The SMILES string of the molecule is [2H]c1c([2H])c([2H])c2c(c1[2H])c1c([2H])c([2H])c([2H])c([2H])c1n2-c1ccc2c(c1)N(c1c(-c3ccccc3)cc(C(C)(C)C)cc1-c1ccccc1)c1cc(-c3ccc4c(c3)c3cc(C(C)(C)C)cc5c6cc(C(C)(C)C)ccc6n4c35)cc3c1B2c1ccc(-n2c4c([2H])c([2H])c([2H])c([2H])c4c4c([2H])c([2H])c([2H])c([2H])c42)cc1N3c1c(-c2ccccc2)cc(C(C)(C)C)cc1-c1ccccc1. The summed E-state index contributed by atoms with van der Waals surface area (Å²) in [7, 11) is 0. The lowest BCUT2D eigenvalue weighted by Crippen LogP contribution is -2.61. The first-order valence-electron chi connectivity index (χ1n) is 48.7. The van der Waals surface area contributed by atoms with Crippen molar-refractivity contribution < 1.29 is 21.9 Å². The Bertz CT molecular complexity index is 7890. The Morgan fingerprint density at radius 1 is 0.254 bits per heavy atom. The fraction of sp³-hybridized carbons (Fsp3) is 0.143. The van der Waals surface area contributed by atoms with Gasteiger partial charge in [-0.1, -0.05) is 301 Å². The molecule has 118 heavy (non-hydrogen) atoms. The van der Waals surface area contributed by atoms with Crippen LogP contribution in [0.2, 0.25) is 0 Å². The van der Waals surface area contributed by atoms with Crippen LogP contribution < -0.4 is 26.2 Å². The molecule has 0 fully saturated rings. The zero-order valence-electron chi connectivity index (χ0n) is 83.9. The van der Waals surface area contributed by atoms with E-state index in [4.69, 9.17) is 0 Å². The number of nitrogens with zero attached hydrogens (tertiary/aromatic N) is 5. The van der Waals surface area contributed by atoms with Gasteiger partial charge in [0.15, 0.2) is 0 Å². The molecule has 2 aliphatic heterocycles. The van der Waals surface area contributed by atoms with Gasteiger partial charge in [-0.2, -0.15) is 0 Å². The Morgan fingerprint density at radius 2 is 0.585 bits per heavy atom. The summed E-state index contributed by atoms with van der Waals surface area (Å²) in [6.07, 6.45) is 0. The summed E-state index contributed by atoms with van der Waals surface area (Å²) in [6.45, 7) is 26.0. The average molecular weight is 1530 g/mol. The van der Waals surface area contributed by atoms with Gasteiger partial charge in [0.1, 0.15) is 0 Å². The monoisotopic (exact) mass is 1530 g/mol. The second kappa shape index (κ2) is 26.0. The molecule has 22 rings (SSSR count). The van der Waals surface area contributed by atoms with E-state index >= 15 is 0 Å². The lowest BCUT2D eigenvalue weighted by atomic mass is 9.33. The van der Waals surface area contributed by atoms with Crippen molar-refractivity contribution in [3.05, 3.63) is 362 Å². The molecule has 16 aromatic carbocycles. The van der Waals surface area contributed by atoms with Crippen LogP contribution in [-0.2, 0) is 21.7 Å². The van der Waals surface area contributed by atoms with Crippen LogP contribution in [0.15, 0.2) is 339 Å². The molecule has 4 aromatic heterocycles. The van der Waals surface area contributed by atoms with E-state index in [1.165, 1.54) is 16.5 Å². The Labute approximate surface area is 713 Å². The third kappa shape index (κ3) is 11.0. The maximum atomic E-state index is 10.1. The predicted octanol–water partition coefficient (Wildman–Crippen LogP) is 28.6. The smallest absolute Gasteiger partial charge is 0.252 e. The predicted molar refractivity (Wildman–Crippen MR) is 506 cm³/mol. The van der Waals surface area contributed by atoms with Crippen LogP contribution in [-0.4, -0.2) is 20.2 Å². The summed E-state index contributed by atoms with van der Waals surface area (Å²) in [5.74, 6) is 0. The van der Waals surface area contributed by atoms with Gasteiger partial charge >= 0.3 is 0 Å². The normalized spacial score (nSPS) is 15.1. The molecular weight excluding hydrogens is 1430 g/mol. The molecule has 0 saturated heterocycles. The van der Waals surface area contributed by atoms with E-state index in [0.29, 0.717) is 34.1 Å². The Hall–Kier alpha value is -13.4. The van der Waals surface area contributed by atoms with Crippen LogP contribution in [0, 0.1) is 0 Å². The largest absolute Gasteiger partial charge is 0.310 e. The third-order valence-electron chi connectivity index (χ3n) is 24.8. The first-order chi connectivity index (χ1) is 63.7. The maximum Gasteiger partial charge on any atom is 0.252 e. The minimum absolute atomic E-state index is 0.0575. The molecule has 0 atom stereocenters. The molecule has 0 bridgehead atoms. The molecule has 568 valence electrons. The van der Waals surface area contributed by atoms with E-state index in [9.17, 15) is 21.9 Å². The van der Waals surface area contributed by atoms with Crippen molar-refractivity contribution in [1.29, 1.82) is 0 Å². The van der Waals surface area contributed by atoms with E-state index in [0.717, 1.165) is 127 Å². The van der Waals surface area contributed by atoms with Gasteiger partial charge in [0.25, 0.3) is 6.71 Å². The number of fused-ring (bicyclic) bond motifs is 16. The van der Waals surface area contributed by atoms with Crippen LogP contribution in [0.25, 0.3) is 149 Å². The molecule has 20 aromatic rings. The third-order valence-corrected chi connectivity index (χ3v) is 24.8. The zero-order valence-corrected chi connectivity index (χ0v) is 67.9. The van der Waals surface area contributed by atoms with Gasteiger partial charge in [-0.25, -0.2) is 0 Å². The quantitative estimate of drug-likeness (QED) is 0.134. The number of rotatable bonds is 9. The fourth-order valence-corrected chi connectivity index (χ4v) is 18.8. The number of para-hydroxylation sites is 4. The number of hydrogen-bond donors (Lipinski definition) is 0. The molecule has 5 nitrogen and oxygen atoms in total. The summed E-state index contributed by atoms with van der Waals surface area (Å²) in [6, 6.07) is 77.4. The van der Waals surface area contributed by atoms with Crippen LogP contribution in [0.4, 0.5) is 34.1 Å². The van der Waals surface area contributed by atoms with Crippen molar-refractivity contribution in [3.63, 3.8) is 0 Å². The molecule has 0 saturated carbocycles. The summed E-state index contributed by atoms with van der Waals surface area (Å²) in [5.41, 5.74) is 21.7. The Balaban J connectivity index is 0.975. The minimum atomic E-state index is -0.829. The highest BCUT2D eigenvalue weighted by molar-refractivity contribution is 7.00. The first-order valence-corrected chi connectivity index (χ1v) is 40.7. The average Bonchev–Trinajstić information content (AvgIpc) is 0.798. The highest BCUT2D eigenvalue weighted by atomic mass is 15.2. The topological polar surface area (TPSA) is 20.8 Å². The lowest BCUT2D eigenvalue weighted by Gasteiger charge is -2.46. The number of hydrogen-bond acceptors (Lipinski definition) is 2. The van der Waals surface area contributed by atoms with E-state index in [1.54, 1.807) is 9.13 Å². The number of anilines is 6. The highest BCUT2D eigenvalue weighted by Gasteiger charge is 2.47. The molecule has 6 heterocycles. The number of aromatic nitrogens is 3. The molecule has 6 heteroatoms. The van der Waals surface area contributed by atoms with Gasteiger partial charge < -0.3 is 23.3 Å². The van der Waals surface area contributed by atoms with E-state index in [1.807, 2.05) is 109 Å². The molecule has 0 spiro atoms. The summed E-state index contributed by atoms with van der Waals surface area (Å²) >= 11 is 0. The van der Waals surface area contributed by atoms with Crippen LogP contribution in [0.3, 0.4) is 0 Å². The molecular formula is C112H92BN5. The molecule has 2 aliphatic rings. The van der Waals surface area contributed by atoms with E-state index < -0.39 is 114 Å². The zero-order chi connectivity index (χ0) is 94.1. The lowest BCUT2D eigenvalue weighted by molar-refractivity contribution is 0.590. The second-order valence-electron chi connectivity index (χ2n) is 36.1. The molecule has 0 amide bonds. The van der Waals surface area contributed by atoms with E-state index in [-0.39, 0.29) is 54.4 Å². The van der Waals surface area contributed by atoms with Gasteiger partial charge in [0.05, 0.1) is 71.9 Å². The van der Waals surface area contributed by atoms with Crippen molar-refractivity contribution in [2.45, 2.75) is 105 Å². The van der Waals surface area contributed by atoms with Crippen molar-refractivity contribution in [1.82, 2.24) is 13.5 Å². The van der Waals surface area contributed by atoms with Crippen LogP contribution in [0.1, 0.15) is 127 Å². The number of benzene rings is 16. The first kappa shape index (κ1) is 56.0. The van der Waals surface area contributed by atoms with Crippen LogP contribution in [0.5, 0.6) is 0 Å². The van der Waals surface area contributed by atoms with Gasteiger partial charge in [0, 0.05) is 99.5 Å². The molecule has 0 unspecified atom stereocenters. The van der Waals surface area contributed by atoms with Gasteiger partial charge in [-0.05, 0) is 215 Å². The van der Waals surface area contributed by atoms with Crippen molar-refractivity contribution >= 4 is 139 Å². The van der Waals surface area contributed by atoms with Crippen molar-refractivity contribution in [2.75, 3.05) is 9.80 Å². The van der Waals surface area contributed by atoms with Crippen molar-refractivity contribution in [2.24, 2.45) is 0 Å². The summed E-state index contributed by atoms with van der Waals surface area (Å²) in [5, 5.41) is 4.12. The highest BCUT2D eigenvalue weighted by Crippen LogP contribution is 2.57. The second-order valence-corrected chi connectivity index (χ2v) is 36.1. The fourth-order valence-electron chi connectivity index (χ4n) is 18.8. The van der Waals surface area contributed by atoms with Crippen molar-refractivity contribution in [3.8, 4) is 67.0 Å². The summed E-state index contributed by atoms with van der Waals surface area (Å²) < 4.78 is 160. The van der Waals surface area contributed by atoms with Gasteiger partial charge in [-0.3, -0.25) is 0 Å². The maximum absolute atomic E-state index is 10.1. The Kier molecular flexibility index (Phi) is 12.4. The van der Waals surface area contributed by atoms with Gasteiger partial charge in [-0.15, -0.1) is 0 Å². The molecule has 0 radical (unpaired) electrons. The molecule has 0 N–H and O–H groups in total. The van der Waals surface area contributed by atoms with Crippen LogP contribution >= 0.6 is 0 Å². The summed E-state index contributed by atoms with van der Waals surface area (Å²) in [4.78, 5) is 4.74. The standard InChI is InChI=1S/C112H92BN5/c1-109(2,3)75-50-56-100-90(60-75)92-66-78(112(10,11)12)65-91-89-57-73(49-55-99(89)116(100)108(91)92)74-58-103-105-104(59-74)118(107-87(71-37-21-15-22-38-71)63-77(111(7,8)9)64-88(107)72-39-23-16-24-40-72)102-68-80(115-97-47-31-27-43-83(97)84-44-28-32-48-98(84)115)52-54-94(102)113(105)93-53-51-79(114-95-45-29-25-41-81(95)82-42-26-30-46-96(82)114)67-101(93)117(103)106-85(69-33-17-13-18-34-69)61-76(110(4,5)6)62-86(106)70-35-19-14-20-36-70/h13-68H,1-12H3/i25D,26D,27D,28D,29D,30D,31D,32D,41D,42D,43D,44D,45D,46D,47D,48D. The minimum Gasteiger partial charge on any atom is -0.310 e.